The third-order valence-corrected chi connectivity index (χ3v) is 3.42. The summed E-state index contributed by atoms with van der Waals surface area (Å²) in [5.41, 5.74) is 0.997. The van der Waals surface area contributed by atoms with Crippen LogP contribution in [0, 0.1) is 6.92 Å². The van der Waals surface area contributed by atoms with Crippen LogP contribution in [0.3, 0.4) is 0 Å². The zero-order chi connectivity index (χ0) is 13.0. The van der Waals surface area contributed by atoms with E-state index in [1.54, 1.807) is 0 Å². The van der Waals surface area contributed by atoms with Gasteiger partial charge in [0, 0.05) is 37.3 Å². The second-order valence-corrected chi connectivity index (χ2v) is 4.99. The van der Waals surface area contributed by atoms with E-state index in [2.05, 4.69) is 9.97 Å². The predicted octanol–water partition coefficient (Wildman–Crippen LogP) is 2.29. The number of piperidine rings is 1. The number of nitrogens with zero attached hydrogens (tertiary/aromatic N) is 3. The molecule has 0 aromatic carbocycles. The average Bonchev–Trinajstić information content (AvgIpc) is 2.39. The summed E-state index contributed by atoms with van der Waals surface area (Å²) in [5.74, 6) is 1.47. The molecule has 0 spiro atoms. The van der Waals surface area contributed by atoms with Crippen LogP contribution in [0.25, 0.3) is 0 Å². The van der Waals surface area contributed by atoms with E-state index in [-0.39, 0.29) is 5.91 Å². The number of carbonyl (C=O) groups is 1. The van der Waals surface area contributed by atoms with Crippen molar-refractivity contribution in [2.45, 2.75) is 45.4 Å². The first kappa shape index (κ1) is 13.0. The van der Waals surface area contributed by atoms with Crippen LogP contribution in [0.1, 0.15) is 50.0 Å². The lowest BCUT2D eigenvalue weighted by molar-refractivity contribution is -0.132. The highest BCUT2D eigenvalue weighted by Crippen LogP contribution is 2.24. The molecule has 0 aliphatic carbocycles. The molecule has 1 saturated heterocycles. The topological polar surface area (TPSA) is 46.1 Å². The Morgan fingerprint density at radius 3 is 3.11 bits per heavy atom. The molecule has 1 amide bonds. The van der Waals surface area contributed by atoms with Gasteiger partial charge in [0.15, 0.2) is 0 Å². The molecule has 0 N–H and O–H groups in total. The number of carbonyl (C=O) groups excluding carboxylic acids is 1. The summed E-state index contributed by atoms with van der Waals surface area (Å²) in [6.45, 7) is 5.69. The molecule has 0 radical (unpaired) electrons. The Morgan fingerprint density at radius 1 is 1.56 bits per heavy atom. The molecule has 1 fully saturated rings. The molecule has 18 heavy (non-hydrogen) atoms. The molecule has 1 aromatic heterocycles. The van der Waals surface area contributed by atoms with Crippen LogP contribution in [0.2, 0.25) is 0 Å². The lowest BCUT2D eigenvalue weighted by Crippen LogP contribution is -2.39. The molecule has 0 saturated carbocycles. The van der Waals surface area contributed by atoms with Crippen molar-refractivity contribution in [1.82, 2.24) is 14.9 Å². The maximum Gasteiger partial charge on any atom is 0.222 e. The van der Waals surface area contributed by atoms with Crippen LogP contribution >= 0.6 is 0 Å². The highest BCUT2D eigenvalue weighted by molar-refractivity contribution is 5.76. The summed E-state index contributed by atoms with van der Waals surface area (Å²) in [6.07, 6.45) is 5.52. The van der Waals surface area contributed by atoms with Crippen LogP contribution in [0.15, 0.2) is 12.3 Å². The van der Waals surface area contributed by atoms with Crippen molar-refractivity contribution in [3.05, 3.63) is 23.8 Å². The summed E-state index contributed by atoms with van der Waals surface area (Å²) >= 11 is 0. The average molecular weight is 247 g/mol. The Labute approximate surface area is 108 Å². The lowest BCUT2D eigenvalue weighted by atomic mass is 9.96. The van der Waals surface area contributed by atoms with Crippen molar-refractivity contribution in [3.8, 4) is 0 Å². The smallest absolute Gasteiger partial charge is 0.222 e. The van der Waals surface area contributed by atoms with Crippen LogP contribution < -0.4 is 0 Å². The van der Waals surface area contributed by atoms with Crippen LogP contribution in [-0.4, -0.2) is 33.9 Å². The van der Waals surface area contributed by atoms with E-state index >= 15 is 0 Å². The zero-order valence-electron chi connectivity index (χ0n) is 11.2. The molecule has 1 atom stereocenters. The van der Waals surface area contributed by atoms with Crippen molar-refractivity contribution >= 4 is 5.91 Å². The van der Waals surface area contributed by atoms with E-state index in [9.17, 15) is 4.79 Å². The van der Waals surface area contributed by atoms with Crippen molar-refractivity contribution in [3.63, 3.8) is 0 Å². The fraction of sp³-hybridized carbons (Fsp3) is 0.643. The lowest BCUT2D eigenvalue weighted by Gasteiger charge is -2.32. The van der Waals surface area contributed by atoms with E-state index in [4.69, 9.17) is 0 Å². The van der Waals surface area contributed by atoms with Gasteiger partial charge in [-0.25, -0.2) is 9.97 Å². The SMILES string of the molecule is CCCC(=O)N1CCC[C@@H](c2nccc(C)n2)C1. The van der Waals surface area contributed by atoms with Gasteiger partial charge in [0.2, 0.25) is 5.91 Å². The van der Waals surface area contributed by atoms with E-state index in [0.29, 0.717) is 12.3 Å². The van der Waals surface area contributed by atoms with Crippen molar-refractivity contribution in [1.29, 1.82) is 0 Å². The molecule has 1 aromatic rings. The van der Waals surface area contributed by atoms with Gasteiger partial charge in [-0.1, -0.05) is 6.92 Å². The predicted molar refractivity (Wildman–Crippen MR) is 70.2 cm³/mol. The van der Waals surface area contributed by atoms with Gasteiger partial charge in [-0.15, -0.1) is 0 Å². The number of hydrogen-bond donors (Lipinski definition) is 0. The normalized spacial score (nSPS) is 19.9. The summed E-state index contributed by atoms with van der Waals surface area (Å²) in [5, 5.41) is 0. The van der Waals surface area contributed by atoms with E-state index < -0.39 is 0 Å². The molecular formula is C14H21N3O. The van der Waals surface area contributed by atoms with E-state index in [1.807, 2.05) is 31.0 Å². The van der Waals surface area contributed by atoms with Gasteiger partial charge in [-0.3, -0.25) is 4.79 Å². The molecular weight excluding hydrogens is 226 g/mol. The summed E-state index contributed by atoms with van der Waals surface area (Å²) in [7, 11) is 0. The molecule has 1 aliphatic rings. The largest absolute Gasteiger partial charge is 0.342 e. The number of aryl methyl sites for hydroxylation is 1. The first-order chi connectivity index (χ1) is 8.70. The number of aromatic nitrogens is 2. The number of amides is 1. The van der Waals surface area contributed by atoms with Crippen LogP contribution in [0.4, 0.5) is 0 Å². The highest BCUT2D eigenvalue weighted by atomic mass is 16.2. The first-order valence-electron chi connectivity index (χ1n) is 6.78. The third-order valence-electron chi connectivity index (χ3n) is 3.42. The Balaban J connectivity index is 2.04. The van der Waals surface area contributed by atoms with E-state index in [1.165, 1.54) is 0 Å². The minimum Gasteiger partial charge on any atom is -0.342 e. The van der Waals surface area contributed by atoms with Gasteiger partial charge < -0.3 is 4.90 Å². The van der Waals surface area contributed by atoms with Gasteiger partial charge in [0.05, 0.1) is 0 Å². The van der Waals surface area contributed by atoms with Gasteiger partial charge >= 0.3 is 0 Å². The zero-order valence-corrected chi connectivity index (χ0v) is 11.2. The van der Waals surface area contributed by atoms with Gasteiger partial charge in [0.25, 0.3) is 0 Å². The Kier molecular flexibility index (Phi) is 4.28. The molecule has 4 heteroatoms. The van der Waals surface area contributed by atoms with Gasteiger partial charge in [-0.05, 0) is 32.3 Å². The summed E-state index contributed by atoms with van der Waals surface area (Å²) in [6, 6.07) is 1.91. The second kappa shape index (κ2) is 5.94. The molecule has 4 nitrogen and oxygen atoms in total. The van der Waals surface area contributed by atoms with Crippen molar-refractivity contribution in [2.24, 2.45) is 0 Å². The second-order valence-electron chi connectivity index (χ2n) is 4.99. The molecule has 0 unspecified atom stereocenters. The van der Waals surface area contributed by atoms with Crippen molar-refractivity contribution in [2.75, 3.05) is 13.1 Å². The minimum absolute atomic E-state index is 0.273. The monoisotopic (exact) mass is 247 g/mol. The minimum atomic E-state index is 0.273. The first-order valence-corrected chi connectivity index (χ1v) is 6.78. The molecule has 2 heterocycles. The summed E-state index contributed by atoms with van der Waals surface area (Å²) in [4.78, 5) is 22.7. The maximum absolute atomic E-state index is 11.9. The fourth-order valence-electron chi connectivity index (χ4n) is 2.45. The molecule has 2 rings (SSSR count). The fourth-order valence-corrected chi connectivity index (χ4v) is 2.45. The van der Waals surface area contributed by atoms with Gasteiger partial charge in [0.1, 0.15) is 5.82 Å². The number of likely N-dealkylation sites (tertiary alicyclic amines) is 1. The van der Waals surface area contributed by atoms with Gasteiger partial charge in [-0.2, -0.15) is 0 Å². The standard InChI is InChI=1S/C14H21N3O/c1-3-5-13(18)17-9-4-6-12(10-17)14-15-8-7-11(2)16-14/h7-8,12H,3-6,9-10H2,1-2H3/t12-/m1/s1. The molecule has 1 aliphatic heterocycles. The molecule has 0 bridgehead atoms. The van der Waals surface area contributed by atoms with Crippen molar-refractivity contribution < 1.29 is 4.79 Å². The number of hydrogen-bond acceptors (Lipinski definition) is 3. The molecule has 98 valence electrons. The van der Waals surface area contributed by atoms with E-state index in [0.717, 1.165) is 43.9 Å². The van der Waals surface area contributed by atoms with Crippen LogP contribution in [-0.2, 0) is 4.79 Å². The number of rotatable bonds is 3. The Morgan fingerprint density at radius 2 is 2.39 bits per heavy atom. The quantitative estimate of drug-likeness (QED) is 0.823. The highest BCUT2D eigenvalue weighted by Gasteiger charge is 2.25. The summed E-state index contributed by atoms with van der Waals surface area (Å²) < 4.78 is 0. The Hall–Kier alpha value is -1.45. The Bertz CT molecular complexity index is 419. The third kappa shape index (κ3) is 3.06. The van der Waals surface area contributed by atoms with Crippen LogP contribution in [0.5, 0.6) is 0 Å². The maximum atomic E-state index is 11.9.